The molecule has 0 heterocycles. The first-order valence-electron chi connectivity index (χ1n) is 6.22. The zero-order valence-electron chi connectivity index (χ0n) is 11.6. The molecule has 5 nitrogen and oxygen atoms in total. The second-order valence-corrected chi connectivity index (χ2v) is 9.28. The molecule has 0 saturated heterocycles. The van der Waals surface area contributed by atoms with E-state index in [1.165, 1.54) is 0 Å². The van der Waals surface area contributed by atoms with Crippen molar-refractivity contribution in [2.75, 3.05) is 30.1 Å². The summed E-state index contributed by atoms with van der Waals surface area (Å²) < 4.78 is 45.8. The van der Waals surface area contributed by atoms with Crippen molar-refractivity contribution in [1.82, 2.24) is 5.32 Å². The summed E-state index contributed by atoms with van der Waals surface area (Å²) in [5.74, 6) is -0.331. The molecular weight excluding hydrogens is 274 g/mol. The lowest BCUT2D eigenvalue weighted by molar-refractivity contribution is 0.398. The molecule has 0 aromatic rings. The van der Waals surface area contributed by atoms with Crippen LogP contribution in [0.3, 0.4) is 0 Å². The van der Waals surface area contributed by atoms with Crippen LogP contribution in [-0.2, 0) is 19.7 Å². The number of sulfone groups is 2. The number of nitrogens with one attached hydrogen (secondary N) is 1. The van der Waals surface area contributed by atoms with Gasteiger partial charge in [0.1, 0.15) is 9.84 Å². The third-order valence-corrected chi connectivity index (χ3v) is 5.89. The Morgan fingerprint density at radius 1 is 1.06 bits per heavy atom. The average Bonchev–Trinajstić information content (AvgIpc) is 2.24. The fraction of sp³-hybridized carbons (Fsp3) is 1.00. The van der Waals surface area contributed by atoms with Crippen LogP contribution in [0.1, 0.15) is 27.2 Å². The molecule has 0 spiro atoms. The standard InChI is InChI=1S/C11H25NO4S2/c1-5-10(3)11(12-6-2)9-18(15,16)8-7-17(4,13)14/h10-12H,5-9H2,1-4H3. The maximum Gasteiger partial charge on any atom is 0.152 e. The van der Waals surface area contributed by atoms with Gasteiger partial charge in [-0.2, -0.15) is 0 Å². The second kappa shape index (κ2) is 7.45. The smallest absolute Gasteiger partial charge is 0.152 e. The molecule has 0 fully saturated rings. The molecule has 2 unspecified atom stereocenters. The topological polar surface area (TPSA) is 80.3 Å². The highest BCUT2D eigenvalue weighted by Gasteiger charge is 2.23. The van der Waals surface area contributed by atoms with Gasteiger partial charge in [-0.3, -0.25) is 0 Å². The molecule has 0 aromatic heterocycles. The Labute approximate surface area is 111 Å². The zero-order valence-corrected chi connectivity index (χ0v) is 13.3. The van der Waals surface area contributed by atoms with Crippen molar-refractivity contribution >= 4 is 19.7 Å². The first kappa shape index (κ1) is 17.9. The van der Waals surface area contributed by atoms with Crippen LogP contribution in [0.4, 0.5) is 0 Å². The van der Waals surface area contributed by atoms with E-state index in [0.29, 0.717) is 6.54 Å². The van der Waals surface area contributed by atoms with E-state index in [0.717, 1.165) is 12.7 Å². The van der Waals surface area contributed by atoms with Crippen molar-refractivity contribution in [3.63, 3.8) is 0 Å². The Morgan fingerprint density at radius 2 is 1.61 bits per heavy atom. The highest BCUT2D eigenvalue weighted by atomic mass is 32.2. The Hall–Kier alpha value is -0.140. The van der Waals surface area contributed by atoms with Crippen LogP contribution in [0.5, 0.6) is 0 Å². The van der Waals surface area contributed by atoms with Crippen molar-refractivity contribution in [1.29, 1.82) is 0 Å². The molecule has 0 aromatic carbocycles. The average molecular weight is 299 g/mol. The molecule has 1 N–H and O–H groups in total. The summed E-state index contributed by atoms with van der Waals surface area (Å²) in [6, 6.07) is -0.107. The first-order chi connectivity index (χ1) is 8.11. The molecule has 110 valence electrons. The van der Waals surface area contributed by atoms with Gasteiger partial charge in [0.25, 0.3) is 0 Å². The molecule has 0 saturated carbocycles. The van der Waals surface area contributed by atoms with E-state index in [1.54, 1.807) is 0 Å². The Bertz CT molecular complexity index is 428. The van der Waals surface area contributed by atoms with Crippen LogP contribution in [0, 0.1) is 5.92 Å². The van der Waals surface area contributed by atoms with Crippen molar-refractivity contribution in [3.8, 4) is 0 Å². The zero-order chi connectivity index (χ0) is 14.4. The van der Waals surface area contributed by atoms with Crippen LogP contribution in [0.15, 0.2) is 0 Å². The molecule has 7 heteroatoms. The van der Waals surface area contributed by atoms with Crippen LogP contribution >= 0.6 is 0 Å². The lowest BCUT2D eigenvalue weighted by atomic mass is 10.0. The summed E-state index contributed by atoms with van der Waals surface area (Å²) in [5, 5.41) is 3.16. The fourth-order valence-electron chi connectivity index (χ4n) is 1.61. The maximum absolute atomic E-state index is 11.9. The van der Waals surface area contributed by atoms with Crippen LogP contribution in [0.2, 0.25) is 0 Å². The predicted octanol–water partition coefficient (Wildman–Crippen LogP) is 0.470. The molecule has 2 atom stereocenters. The van der Waals surface area contributed by atoms with Crippen LogP contribution < -0.4 is 5.32 Å². The summed E-state index contributed by atoms with van der Waals surface area (Å²) in [6.45, 7) is 6.65. The van der Waals surface area contributed by atoms with Crippen molar-refractivity contribution in [2.24, 2.45) is 5.92 Å². The number of hydrogen-bond donors (Lipinski definition) is 1. The van der Waals surface area contributed by atoms with E-state index in [4.69, 9.17) is 0 Å². The Balaban J connectivity index is 4.61. The van der Waals surface area contributed by atoms with Gasteiger partial charge in [0.15, 0.2) is 9.84 Å². The molecule has 0 aliphatic heterocycles. The third kappa shape index (κ3) is 8.05. The first-order valence-corrected chi connectivity index (χ1v) is 10.1. The largest absolute Gasteiger partial charge is 0.313 e. The fourth-order valence-corrected chi connectivity index (χ4v) is 4.99. The van der Waals surface area contributed by atoms with Gasteiger partial charge < -0.3 is 5.32 Å². The molecule has 0 aliphatic carbocycles. The Kier molecular flexibility index (Phi) is 7.39. The van der Waals surface area contributed by atoms with E-state index in [9.17, 15) is 16.8 Å². The predicted molar refractivity (Wildman–Crippen MR) is 75.3 cm³/mol. The summed E-state index contributed by atoms with van der Waals surface area (Å²) in [4.78, 5) is 0. The van der Waals surface area contributed by atoms with Gasteiger partial charge in [0.2, 0.25) is 0 Å². The van der Waals surface area contributed by atoms with Gasteiger partial charge in [-0.05, 0) is 12.5 Å². The van der Waals surface area contributed by atoms with Crippen molar-refractivity contribution in [2.45, 2.75) is 33.2 Å². The lowest BCUT2D eigenvalue weighted by Crippen LogP contribution is -2.41. The third-order valence-electron chi connectivity index (χ3n) is 3.00. The van der Waals surface area contributed by atoms with E-state index in [-0.39, 0.29) is 29.2 Å². The Morgan fingerprint density at radius 3 is 2.00 bits per heavy atom. The van der Waals surface area contributed by atoms with Gasteiger partial charge in [-0.1, -0.05) is 27.2 Å². The molecule has 0 rings (SSSR count). The van der Waals surface area contributed by atoms with Crippen molar-refractivity contribution < 1.29 is 16.8 Å². The number of rotatable bonds is 9. The second-order valence-electron chi connectivity index (χ2n) is 4.79. The minimum atomic E-state index is -3.33. The van der Waals surface area contributed by atoms with E-state index < -0.39 is 19.7 Å². The van der Waals surface area contributed by atoms with E-state index in [1.807, 2.05) is 20.8 Å². The lowest BCUT2D eigenvalue weighted by Gasteiger charge is -2.23. The van der Waals surface area contributed by atoms with Gasteiger partial charge in [-0.25, -0.2) is 16.8 Å². The molecule has 0 amide bonds. The van der Waals surface area contributed by atoms with Gasteiger partial charge in [-0.15, -0.1) is 0 Å². The van der Waals surface area contributed by atoms with E-state index >= 15 is 0 Å². The normalized spacial score (nSPS) is 16.4. The summed E-state index contributed by atoms with van der Waals surface area (Å²) in [6.07, 6.45) is 1.94. The van der Waals surface area contributed by atoms with Crippen LogP contribution in [-0.4, -0.2) is 52.9 Å². The minimum Gasteiger partial charge on any atom is -0.313 e. The van der Waals surface area contributed by atoms with Crippen LogP contribution in [0.25, 0.3) is 0 Å². The molecule has 0 bridgehead atoms. The minimum absolute atomic E-state index is 0.00532. The molecule has 0 aliphatic rings. The van der Waals surface area contributed by atoms with Gasteiger partial charge in [0.05, 0.1) is 17.3 Å². The summed E-state index contributed by atoms with van der Waals surface area (Å²) >= 11 is 0. The highest BCUT2D eigenvalue weighted by molar-refractivity contribution is 7.94. The molecule has 18 heavy (non-hydrogen) atoms. The van der Waals surface area contributed by atoms with Gasteiger partial charge >= 0.3 is 0 Å². The maximum atomic E-state index is 11.9. The molecule has 0 radical (unpaired) electrons. The van der Waals surface area contributed by atoms with Gasteiger partial charge in [0, 0.05) is 12.3 Å². The SMILES string of the molecule is CCNC(CS(=O)(=O)CCS(C)(=O)=O)C(C)CC. The highest BCUT2D eigenvalue weighted by Crippen LogP contribution is 2.10. The summed E-state index contributed by atoms with van der Waals surface area (Å²) in [5.41, 5.74) is 0. The quantitative estimate of drug-likeness (QED) is 0.669. The monoisotopic (exact) mass is 299 g/mol. The van der Waals surface area contributed by atoms with E-state index in [2.05, 4.69) is 5.32 Å². The molecular formula is C11H25NO4S2. The number of hydrogen-bond acceptors (Lipinski definition) is 5. The summed E-state index contributed by atoms with van der Waals surface area (Å²) in [7, 11) is -6.56. The van der Waals surface area contributed by atoms with Crippen molar-refractivity contribution in [3.05, 3.63) is 0 Å².